The van der Waals surface area contributed by atoms with Crippen LogP contribution in [0.15, 0.2) is 31.0 Å². The van der Waals surface area contributed by atoms with Crippen LogP contribution in [0.25, 0.3) is 0 Å². The van der Waals surface area contributed by atoms with Gasteiger partial charge in [0.05, 0.1) is 11.9 Å². The summed E-state index contributed by atoms with van der Waals surface area (Å²) in [5, 5.41) is 0. The van der Waals surface area contributed by atoms with Gasteiger partial charge in [-0.2, -0.15) is 0 Å². The number of hydrogen-bond donors (Lipinski definition) is 1. The van der Waals surface area contributed by atoms with Gasteiger partial charge in [-0.15, -0.1) is 0 Å². The second-order valence-corrected chi connectivity index (χ2v) is 2.75. The summed E-state index contributed by atoms with van der Waals surface area (Å²) in [6, 6.07) is 3.71. The number of pyridine rings is 1. The molecule has 0 spiro atoms. The number of rotatable bonds is 4. The van der Waals surface area contributed by atoms with Crippen LogP contribution in [0.3, 0.4) is 0 Å². The van der Waals surface area contributed by atoms with E-state index in [-0.39, 0.29) is 6.10 Å². The average Bonchev–Trinajstić information content (AvgIpc) is 2.19. The second-order valence-electron chi connectivity index (χ2n) is 2.75. The van der Waals surface area contributed by atoms with Gasteiger partial charge in [0.25, 0.3) is 0 Å². The first-order chi connectivity index (χ1) is 6.26. The van der Waals surface area contributed by atoms with E-state index in [9.17, 15) is 0 Å². The van der Waals surface area contributed by atoms with E-state index in [1.54, 1.807) is 12.3 Å². The minimum atomic E-state index is 0.00512. The Balaban J connectivity index is 2.63. The quantitative estimate of drug-likeness (QED) is 0.711. The first kappa shape index (κ1) is 9.74. The highest BCUT2D eigenvalue weighted by Gasteiger charge is 1.98. The number of hydrogen-bond acceptors (Lipinski definition) is 3. The van der Waals surface area contributed by atoms with Gasteiger partial charge < -0.3 is 10.5 Å². The molecule has 0 aliphatic carbocycles. The van der Waals surface area contributed by atoms with E-state index < -0.39 is 0 Å². The normalized spacial score (nSPS) is 12.2. The van der Waals surface area contributed by atoms with Crippen molar-refractivity contribution in [1.29, 1.82) is 0 Å². The fourth-order valence-electron chi connectivity index (χ4n) is 0.864. The molecule has 0 aliphatic rings. The Labute approximate surface area is 78.2 Å². The van der Waals surface area contributed by atoms with Crippen molar-refractivity contribution in [2.45, 2.75) is 19.6 Å². The lowest BCUT2D eigenvalue weighted by molar-refractivity contribution is 0.269. The molecule has 70 valence electrons. The first-order valence-electron chi connectivity index (χ1n) is 4.20. The largest absolute Gasteiger partial charge is 0.485 e. The Morgan fingerprint density at radius 3 is 2.92 bits per heavy atom. The minimum absolute atomic E-state index is 0.00512. The maximum absolute atomic E-state index is 5.44. The lowest BCUT2D eigenvalue weighted by atomic mass is 10.3. The van der Waals surface area contributed by atoms with Gasteiger partial charge in [0.2, 0.25) is 0 Å². The SMILES string of the molecule is C=CC(C)Oc1ccc(CN)nc1. The highest BCUT2D eigenvalue weighted by molar-refractivity contribution is 5.20. The second kappa shape index (κ2) is 4.62. The van der Waals surface area contributed by atoms with Crippen molar-refractivity contribution in [2.24, 2.45) is 5.73 Å². The minimum Gasteiger partial charge on any atom is -0.485 e. The maximum atomic E-state index is 5.44. The molecule has 3 nitrogen and oxygen atoms in total. The van der Waals surface area contributed by atoms with Crippen LogP contribution in [0.4, 0.5) is 0 Å². The predicted molar refractivity (Wildman–Crippen MR) is 52.4 cm³/mol. The van der Waals surface area contributed by atoms with Crippen LogP contribution in [0, 0.1) is 0 Å². The molecular weight excluding hydrogens is 164 g/mol. The molecule has 1 atom stereocenters. The molecule has 0 bridgehead atoms. The zero-order valence-electron chi connectivity index (χ0n) is 7.73. The van der Waals surface area contributed by atoms with Gasteiger partial charge in [-0.05, 0) is 19.1 Å². The lowest BCUT2D eigenvalue weighted by Crippen LogP contribution is -2.08. The summed E-state index contributed by atoms with van der Waals surface area (Å²) < 4.78 is 5.44. The lowest BCUT2D eigenvalue weighted by Gasteiger charge is -2.09. The van der Waals surface area contributed by atoms with Crippen LogP contribution in [0.5, 0.6) is 5.75 Å². The Morgan fingerprint density at radius 2 is 2.46 bits per heavy atom. The standard InChI is InChI=1S/C10H14N2O/c1-3-8(2)13-10-5-4-9(6-11)12-7-10/h3-5,7-8H,1,6,11H2,2H3. The molecule has 0 saturated carbocycles. The summed E-state index contributed by atoms with van der Waals surface area (Å²) in [5.74, 6) is 0.740. The number of ether oxygens (including phenoxy) is 1. The number of aromatic nitrogens is 1. The van der Waals surface area contributed by atoms with Crippen LogP contribution < -0.4 is 10.5 Å². The Hall–Kier alpha value is -1.35. The molecule has 0 saturated heterocycles. The third-order valence-corrected chi connectivity index (χ3v) is 1.66. The van der Waals surface area contributed by atoms with Crippen molar-refractivity contribution < 1.29 is 4.74 Å². The van der Waals surface area contributed by atoms with E-state index in [2.05, 4.69) is 11.6 Å². The van der Waals surface area contributed by atoms with Gasteiger partial charge >= 0.3 is 0 Å². The fourth-order valence-corrected chi connectivity index (χ4v) is 0.864. The summed E-state index contributed by atoms with van der Waals surface area (Å²) in [6.45, 7) is 6.00. The maximum Gasteiger partial charge on any atom is 0.138 e. The van der Waals surface area contributed by atoms with E-state index in [4.69, 9.17) is 10.5 Å². The van der Waals surface area contributed by atoms with Gasteiger partial charge in [-0.1, -0.05) is 12.7 Å². The van der Waals surface area contributed by atoms with Crippen molar-refractivity contribution in [3.05, 3.63) is 36.7 Å². The zero-order valence-corrected chi connectivity index (χ0v) is 7.73. The Morgan fingerprint density at radius 1 is 1.69 bits per heavy atom. The molecule has 1 heterocycles. The van der Waals surface area contributed by atoms with Crippen LogP contribution in [0.1, 0.15) is 12.6 Å². The first-order valence-corrected chi connectivity index (χ1v) is 4.20. The van der Waals surface area contributed by atoms with Gasteiger partial charge in [0.1, 0.15) is 11.9 Å². The van der Waals surface area contributed by atoms with Crippen LogP contribution in [-0.4, -0.2) is 11.1 Å². The highest BCUT2D eigenvalue weighted by atomic mass is 16.5. The summed E-state index contributed by atoms with van der Waals surface area (Å²) in [6.07, 6.45) is 3.41. The van der Waals surface area contributed by atoms with Crippen molar-refractivity contribution in [3.63, 3.8) is 0 Å². The fraction of sp³-hybridized carbons (Fsp3) is 0.300. The summed E-state index contributed by atoms with van der Waals surface area (Å²) in [4.78, 5) is 4.10. The van der Waals surface area contributed by atoms with Crippen molar-refractivity contribution in [3.8, 4) is 5.75 Å². The molecule has 0 radical (unpaired) electrons. The van der Waals surface area contributed by atoms with E-state index >= 15 is 0 Å². The summed E-state index contributed by atoms with van der Waals surface area (Å²) >= 11 is 0. The van der Waals surface area contributed by atoms with Crippen molar-refractivity contribution >= 4 is 0 Å². The van der Waals surface area contributed by atoms with Gasteiger partial charge in [-0.3, -0.25) is 4.98 Å². The molecule has 2 N–H and O–H groups in total. The molecule has 0 amide bonds. The third-order valence-electron chi connectivity index (χ3n) is 1.66. The molecule has 1 unspecified atom stereocenters. The van der Waals surface area contributed by atoms with E-state index in [1.807, 2.05) is 19.1 Å². The van der Waals surface area contributed by atoms with Crippen LogP contribution in [0.2, 0.25) is 0 Å². The number of nitrogens with two attached hydrogens (primary N) is 1. The molecule has 3 heteroatoms. The third kappa shape index (κ3) is 2.87. The van der Waals surface area contributed by atoms with Gasteiger partial charge in [0, 0.05) is 6.54 Å². The monoisotopic (exact) mass is 178 g/mol. The zero-order chi connectivity index (χ0) is 9.68. The molecular formula is C10H14N2O. The van der Waals surface area contributed by atoms with Crippen molar-refractivity contribution in [2.75, 3.05) is 0 Å². The van der Waals surface area contributed by atoms with Crippen LogP contribution in [-0.2, 0) is 6.54 Å². The molecule has 13 heavy (non-hydrogen) atoms. The van der Waals surface area contributed by atoms with E-state index in [1.165, 1.54) is 0 Å². The van der Waals surface area contributed by atoms with E-state index in [0.717, 1.165) is 11.4 Å². The highest BCUT2D eigenvalue weighted by Crippen LogP contribution is 2.11. The number of nitrogens with zero attached hydrogens (tertiary/aromatic N) is 1. The van der Waals surface area contributed by atoms with Gasteiger partial charge in [0.15, 0.2) is 0 Å². The topological polar surface area (TPSA) is 48.1 Å². The van der Waals surface area contributed by atoms with Crippen molar-refractivity contribution in [1.82, 2.24) is 4.98 Å². The average molecular weight is 178 g/mol. The molecule has 0 aromatic carbocycles. The smallest absolute Gasteiger partial charge is 0.138 e. The summed E-state index contributed by atoms with van der Waals surface area (Å²) in [5.41, 5.74) is 6.27. The molecule has 0 aliphatic heterocycles. The summed E-state index contributed by atoms with van der Waals surface area (Å²) in [7, 11) is 0. The Kier molecular flexibility index (Phi) is 3.46. The molecule has 1 aromatic rings. The van der Waals surface area contributed by atoms with E-state index in [0.29, 0.717) is 6.54 Å². The molecule has 0 fully saturated rings. The van der Waals surface area contributed by atoms with Crippen LogP contribution >= 0.6 is 0 Å². The molecule has 1 rings (SSSR count). The van der Waals surface area contributed by atoms with Gasteiger partial charge in [-0.25, -0.2) is 0 Å². The molecule has 1 aromatic heterocycles. The Bertz CT molecular complexity index is 269. The predicted octanol–water partition coefficient (Wildman–Crippen LogP) is 1.49.